The maximum atomic E-state index is 11.3. The molecule has 66 valence electrons. The van der Waals surface area contributed by atoms with E-state index in [1.165, 1.54) is 0 Å². The second-order valence-corrected chi connectivity index (χ2v) is 2.96. The standard InChI is InChI=1S/C10H15NO/c1-4-8-6-9(5-2)11(3)10(12)7-8/h6-7H,4-5H2,1-3H3. The summed E-state index contributed by atoms with van der Waals surface area (Å²) in [6, 6.07) is 3.81. The van der Waals surface area contributed by atoms with Crippen LogP contribution in [0.25, 0.3) is 0 Å². The summed E-state index contributed by atoms with van der Waals surface area (Å²) < 4.78 is 1.71. The van der Waals surface area contributed by atoms with Crippen molar-refractivity contribution in [3.8, 4) is 0 Å². The maximum absolute atomic E-state index is 11.3. The van der Waals surface area contributed by atoms with Gasteiger partial charge in [0.15, 0.2) is 0 Å². The molecule has 0 saturated carbocycles. The first kappa shape index (κ1) is 9.04. The van der Waals surface area contributed by atoms with E-state index in [1.54, 1.807) is 10.6 Å². The summed E-state index contributed by atoms with van der Waals surface area (Å²) in [5, 5.41) is 0. The van der Waals surface area contributed by atoms with Crippen molar-refractivity contribution < 1.29 is 0 Å². The fourth-order valence-corrected chi connectivity index (χ4v) is 1.29. The molecule has 0 spiro atoms. The molecule has 0 aliphatic carbocycles. The number of rotatable bonds is 2. The van der Waals surface area contributed by atoms with Crippen molar-refractivity contribution in [2.24, 2.45) is 7.05 Å². The first-order valence-corrected chi connectivity index (χ1v) is 4.37. The molecular formula is C10H15NO. The molecule has 0 radical (unpaired) electrons. The maximum Gasteiger partial charge on any atom is 0.250 e. The molecule has 12 heavy (non-hydrogen) atoms. The number of pyridine rings is 1. The summed E-state index contributed by atoms with van der Waals surface area (Å²) >= 11 is 0. The van der Waals surface area contributed by atoms with Crippen LogP contribution in [0.4, 0.5) is 0 Å². The van der Waals surface area contributed by atoms with Crippen molar-refractivity contribution >= 4 is 0 Å². The molecule has 0 atom stereocenters. The molecule has 1 rings (SSSR count). The normalized spacial score (nSPS) is 10.2. The van der Waals surface area contributed by atoms with Crippen LogP contribution < -0.4 is 5.56 Å². The third kappa shape index (κ3) is 1.58. The molecule has 0 N–H and O–H groups in total. The van der Waals surface area contributed by atoms with Crippen molar-refractivity contribution in [2.45, 2.75) is 26.7 Å². The van der Waals surface area contributed by atoms with Crippen molar-refractivity contribution in [3.05, 3.63) is 33.7 Å². The number of hydrogen-bond acceptors (Lipinski definition) is 1. The molecule has 0 unspecified atom stereocenters. The van der Waals surface area contributed by atoms with Crippen LogP contribution >= 0.6 is 0 Å². The predicted octanol–water partition coefficient (Wildman–Crippen LogP) is 1.51. The van der Waals surface area contributed by atoms with Crippen molar-refractivity contribution in [2.75, 3.05) is 0 Å². The minimum atomic E-state index is 0.103. The SMILES string of the molecule is CCc1cc(CC)n(C)c(=O)c1. The van der Waals surface area contributed by atoms with E-state index in [0.29, 0.717) is 0 Å². The Morgan fingerprint density at radius 3 is 2.42 bits per heavy atom. The fourth-order valence-electron chi connectivity index (χ4n) is 1.29. The van der Waals surface area contributed by atoms with Crippen molar-refractivity contribution in [1.29, 1.82) is 0 Å². The Morgan fingerprint density at radius 1 is 1.25 bits per heavy atom. The third-order valence-electron chi connectivity index (χ3n) is 2.19. The highest BCUT2D eigenvalue weighted by molar-refractivity contribution is 5.17. The molecule has 1 aromatic rings. The molecule has 0 fully saturated rings. The van der Waals surface area contributed by atoms with Crippen LogP contribution in [0.2, 0.25) is 0 Å². The molecule has 0 aromatic carbocycles. The molecular weight excluding hydrogens is 150 g/mol. The highest BCUT2D eigenvalue weighted by atomic mass is 16.1. The van der Waals surface area contributed by atoms with Gasteiger partial charge in [-0.15, -0.1) is 0 Å². The van der Waals surface area contributed by atoms with Crippen LogP contribution in [0.1, 0.15) is 25.1 Å². The highest BCUT2D eigenvalue weighted by Gasteiger charge is 1.99. The largest absolute Gasteiger partial charge is 0.316 e. The van der Waals surface area contributed by atoms with Gasteiger partial charge in [-0.25, -0.2) is 0 Å². The topological polar surface area (TPSA) is 22.0 Å². The Morgan fingerprint density at radius 2 is 1.92 bits per heavy atom. The number of hydrogen-bond donors (Lipinski definition) is 0. The van der Waals surface area contributed by atoms with Gasteiger partial charge in [0, 0.05) is 18.8 Å². The van der Waals surface area contributed by atoms with Gasteiger partial charge in [-0.05, 0) is 24.5 Å². The molecule has 2 heteroatoms. The molecule has 0 bridgehead atoms. The summed E-state index contributed by atoms with van der Waals surface area (Å²) in [7, 11) is 1.82. The Hall–Kier alpha value is -1.05. The van der Waals surface area contributed by atoms with Gasteiger partial charge in [0.1, 0.15) is 0 Å². The minimum absolute atomic E-state index is 0.103. The van der Waals surface area contributed by atoms with Crippen LogP contribution in [-0.4, -0.2) is 4.57 Å². The molecule has 1 heterocycles. The first-order valence-electron chi connectivity index (χ1n) is 4.37. The van der Waals surface area contributed by atoms with E-state index in [0.717, 1.165) is 24.1 Å². The lowest BCUT2D eigenvalue weighted by Crippen LogP contribution is -2.19. The summed E-state index contributed by atoms with van der Waals surface area (Å²) in [5.41, 5.74) is 2.35. The van der Waals surface area contributed by atoms with Crippen molar-refractivity contribution in [3.63, 3.8) is 0 Å². The van der Waals surface area contributed by atoms with Crippen LogP contribution in [0.3, 0.4) is 0 Å². The van der Waals surface area contributed by atoms with Gasteiger partial charge in [0.05, 0.1) is 0 Å². The van der Waals surface area contributed by atoms with Crippen LogP contribution in [0, 0.1) is 0 Å². The van der Waals surface area contributed by atoms with E-state index in [4.69, 9.17) is 0 Å². The number of aromatic nitrogens is 1. The quantitative estimate of drug-likeness (QED) is 0.651. The minimum Gasteiger partial charge on any atom is -0.316 e. The lowest BCUT2D eigenvalue weighted by Gasteiger charge is -2.06. The Labute approximate surface area is 72.8 Å². The van der Waals surface area contributed by atoms with Crippen LogP contribution in [0.15, 0.2) is 16.9 Å². The summed E-state index contributed by atoms with van der Waals surface area (Å²) in [6.07, 6.45) is 1.85. The highest BCUT2D eigenvalue weighted by Crippen LogP contribution is 2.02. The van der Waals surface area contributed by atoms with Gasteiger partial charge in [-0.2, -0.15) is 0 Å². The molecule has 1 aromatic heterocycles. The lowest BCUT2D eigenvalue weighted by molar-refractivity contribution is 0.775. The van der Waals surface area contributed by atoms with Gasteiger partial charge in [0.2, 0.25) is 0 Å². The average Bonchev–Trinajstić information content (AvgIpc) is 2.09. The second-order valence-electron chi connectivity index (χ2n) is 2.96. The van der Waals surface area contributed by atoms with E-state index in [2.05, 4.69) is 19.9 Å². The zero-order chi connectivity index (χ0) is 9.14. The molecule has 0 amide bonds. The van der Waals surface area contributed by atoms with Crippen LogP contribution in [-0.2, 0) is 19.9 Å². The molecule has 0 aliphatic rings. The molecule has 0 saturated heterocycles. The van der Waals surface area contributed by atoms with Crippen molar-refractivity contribution in [1.82, 2.24) is 4.57 Å². The molecule has 2 nitrogen and oxygen atoms in total. The fraction of sp³-hybridized carbons (Fsp3) is 0.500. The first-order chi connectivity index (χ1) is 5.69. The van der Waals surface area contributed by atoms with Gasteiger partial charge in [-0.3, -0.25) is 4.79 Å². The van der Waals surface area contributed by atoms with Gasteiger partial charge < -0.3 is 4.57 Å². The van der Waals surface area contributed by atoms with Crippen LogP contribution in [0.5, 0.6) is 0 Å². The summed E-state index contributed by atoms with van der Waals surface area (Å²) in [5.74, 6) is 0. The summed E-state index contributed by atoms with van der Waals surface area (Å²) in [6.45, 7) is 4.13. The van der Waals surface area contributed by atoms with Gasteiger partial charge >= 0.3 is 0 Å². The third-order valence-corrected chi connectivity index (χ3v) is 2.19. The number of aryl methyl sites for hydroxylation is 2. The summed E-state index contributed by atoms with van der Waals surface area (Å²) in [4.78, 5) is 11.3. The second kappa shape index (κ2) is 3.57. The molecule has 0 aliphatic heterocycles. The van der Waals surface area contributed by atoms with Gasteiger partial charge in [0.25, 0.3) is 5.56 Å². The average molecular weight is 165 g/mol. The lowest BCUT2D eigenvalue weighted by atomic mass is 10.1. The zero-order valence-corrected chi connectivity index (χ0v) is 7.92. The van der Waals surface area contributed by atoms with Gasteiger partial charge in [-0.1, -0.05) is 13.8 Å². The van der Waals surface area contributed by atoms with E-state index in [-0.39, 0.29) is 5.56 Å². The Balaban J connectivity index is 3.29. The Kier molecular flexibility index (Phi) is 2.69. The van der Waals surface area contributed by atoms with E-state index >= 15 is 0 Å². The monoisotopic (exact) mass is 165 g/mol. The Bertz CT molecular complexity index is 325. The predicted molar refractivity (Wildman–Crippen MR) is 50.4 cm³/mol. The van der Waals surface area contributed by atoms with E-state index < -0.39 is 0 Å². The number of nitrogens with zero attached hydrogens (tertiary/aromatic N) is 1. The van der Waals surface area contributed by atoms with E-state index in [1.807, 2.05) is 7.05 Å². The smallest absolute Gasteiger partial charge is 0.250 e. The zero-order valence-electron chi connectivity index (χ0n) is 7.92. The van der Waals surface area contributed by atoms with E-state index in [9.17, 15) is 4.79 Å².